The van der Waals surface area contributed by atoms with Crippen LogP contribution >= 0.6 is 15.9 Å². The first-order chi connectivity index (χ1) is 13.2. The molecule has 2 aromatic heterocycles. The summed E-state index contributed by atoms with van der Waals surface area (Å²) in [5.74, 6) is 0. The van der Waals surface area contributed by atoms with Crippen molar-refractivity contribution in [3.8, 4) is 17.3 Å². The zero-order valence-electron chi connectivity index (χ0n) is 14.3. The van der Waals surface area contributed by atoms with Crippen molar-refractivity contribution in [3.63, 3.8) is 0 Å². The van der Waals surface area contributed by atoms with E-state index in [9.17, 15) is 0 Å². The standard InChI is InChI=1S/C21H15BrN4O/c22-14-6-8-18-20(9-14)27-26-21(18)17-4-2-1-3-16(17)19(24)10-15-7-5-13(11-23)12-25-15/h1-9,12,19H,10,24H2/t19-/m0/s1. The average molecular weight is 419 g/mol. The van der Waals surface area contributed by atoms with Gasteiger partial charge in [0.25, 0.3) is 0 Å². The van der Waals surface area contributed by atoms with Crippen molar-refractivity contribution in [1.82, 2.24) is 10.1 Å². The molecule has 0 saturated heterocycles. The third-order valence-electron chi connectivity index (χ3n) is 4.43. The first-order valence-electron chi connectivity index (χ1n) is 8.40. The Morgan fingerprint density at radius 2 is 2.00 bits per heavy atom. The van der Waals surface area contributed by atoms with E-state index in [2.05, 4.69) is 32.1 Å². The Labute approximate surface area is 164 Å². The number of halogens is 1. The van der Waals surface area contributed by atoms with Crippen LogP contribution in [-0.2, 0) is 6.42 Å². The number of nitriles is 1. The van der Waals surface area contributed by atoms with Crippen molar-refractivity contribution in [1.29, 1.82) is 5.26 Å². The van der Waals surface area contributed by atoms with E-state index >= 15 is 0 Å². The minimum atomic E-state index is -0.260. The number of benzene rings is 2. The van der Waals surface area contributed by atoms with Gasteiger partial charge in [0.05, 0.1) is 5.56 Å². The molecule has 0 amide bonds. The van der Waals surface area contributed by atoms with Gasteiger partial charge in [-0.2, -0.15) is 5.26 Å². The second kappa shape index (κ2) is 7.31. The summed E-state index contributed by atoms with van der Waals surface area (Å²) >= 11 is 3.45. The number of pyridine rings is 1. The summed E-state index contributed by atoms with van der Waals surface area (Å²) in [7, 11) is 0. The van der Waals surface area contributed by atoms with Crippen LogP contribution in [0.3, 0.4) is 0 Å². The lowest BCUT2D eigenvalue weighted by atomic mass is 9.94. The van der Waals surface area contributed by atoms with E-state index in [1.807, 2.05) is 48.5 Å². The van der Waals surface area contributed by atoms with Gasteiger partial charge in [-0.3, -0.25) is 4.98 Å². The van der Waals surface area contributed by atoms with Gasteiger partial charge in [0.2, 0.25) is 0 Å². The fourth-order valence-electron chi connectivity index (χ4n) is 3.09. The van der Waals surface area contributed by atoms with E-state index in [4.69, 9.17) is 15.5 Å². The van der Waals surface area contributed by atoms with Crippen molar-refractivity contribution in [3.05, 3.63) is 82.1 Å². The van der Waals surface area contributed by atoms with Crippen molar-refractivity contribution >= 4 is 26.9 Å². The molecule has 2 N–H and O–H groups in total. The maximum Gasteiger partial charge on any atom is 0.168 e. The topological polar surface area (TPSA) is 88.7 Å². The van der Waals surface area contributed by atoms with Crippen LogP contribution in [0.5, 0.6) is 0 Å². The first kappa shape index (κ1) is 17.4. The molecule has 132 valence electrons. The van der Waals surface area contributed by atoms with E-state index in [1.165, 1.54) is 0 Å². The molecule has 5 nitrogen and oxygen atoms in total. The monoisotopic (exact) mass is 418 g/mol. The summed E-state index contributed by atoms with van der Waals surface area (Å²) in [6.07, 6.45) is 2.13. The zero-order chi connectivity index (χ0) is 18.8. The molecule has 0 radical (unpaired) electrons. The maximum atomic E-state index is 8.90. The summed E-state index contributed by atoms with van der Waals surface area (Å²) in [6.45, 7) is 0. The normalized spacial score (nSPS) is 12.0. The molecule has 27 heavy (non-hydrogen) atoms. The number of aromatic nitrogens is 2. The molecule has 2 aromatic carbocycles. The van der Waals surface area contributed by atoms with Crippen molar-refractivity contribution in [2.24, 2.45) is 5.73 Å². The van der Waals surface area contributed by atoms with E-state index < -0.39 is 0 Å². The Morgan fingerprint density at radius 3 is 2.78 bits per heavy atom. The zero-order valence-corrected chi connectivity index (χ0v) is 15.8. The summed E-state index contributed by atoms with van der Waals surface area (Å²) in [5.41, 5.74) is 11.3. The first-order valence-corrected chi connectivity index (χ1v) is 9.20. The molecule has 0 unspecified atom stereocenters. The third-order valence-corrected chi connectivity index (χ3v) is 4.93. The van der Waals surface area contributed by atoms with Gasteiger partial charge in [-0.15, -0.1) is 0 Å². The number of nitrogens with two attached hydrogens (primary N) is 1. The predicted octanol–water partition coefficient (Wildman–Crippen LogP) is 4.77. The second-order valence-corrected chi connectivity index (χ2v) is 7.14. The Kier molecular flexibility index (Phi) is 4.71. The molecule has 0 aliphatic carbocycles. The molecule has 0 spiro atoms. The van der Waals surface area contributed by atoms with Gasteiger partial charge in [0.15, 0.2) is 5.58 Å². The Balaban J connectivity index is 1.70. The molecule has 1 atom stereocenters. The Hall–Kier alpha value is -3.01. The molecule has 4 aromatic rings. The lowest BCUT2D eigenvalue weighted by Crippen LogP contribution is -2.15. The van der Waals surface area contributed by atoms with E-state index in [0.717, 1.165) is 38.0 Å². The SMILES string of the molecule is N#Cc1ccc(C[C@H](N)c2ccccc2-c2noc3cc(Br)ccc23)nc1. The highest BCUT2D eigenvalue weighted by Crippen LogP contribution is 2.34. The van der Waals surface area contributed by atoms with Crippen molar-refractivity contribution in [2.45, 2.75) is 12.5 Å². The van der Waals surface area contributed by atoms with Crippen LogP contribution in [0.15, 0.2) is 69.8 Å². The van der Waals surface area contributed by atoms with Crippen LogP contribution < -0.4 is 5.73 Å². The molecular weight excluding hydrogens is 404 g/mol. The van der Waals surface area contributed by atoms with Crippen LogP contribution in [0.25, 0.3) is 22.2 Å². The highest BCUT2D eigenvalue weighted by Gasteiger charge is 2.18. The molecular formula is C21H15BrN4O. The van der Waals surface area contributed by atoms with Gasteiger partial charge in [0, 0.05) is 39.8 Å². The van der Waals surface area contributed by atoms with E-state index in [0.29, 0.717) is 12.0 Å². The lowest BCUT2D eigenvalue weighted by Gasteiger charge is -2.15. The van der Waals surface area contributed by atoms with E-state index in [-0.39, 0.29) is 6.04 Å². The van der Waals surface area contributed by atoms with Gasteiger partial charge < -0.3 is 10.3 Å². The minimum Gasteiger partial charge on any atom is -0.356 e. The fourth-order valence-corrected chi connectivity index (χ4v) is 3.43. The molecule has 2 heterocycles. The van der Waals surface area contributed by atoms with Gasteiger partial charge in [-0.25, -0.2) is 0 Å². The Morgan fingerprint density at radius 1 is 1.15 bits per heavy atom. The summed E-state index contributed by atoms with van der Waals surface area (Å²) in [5, 5.41) is 14.1. The van der Waals surface area contributed by atoms with Crippen LogP contribution in [0.1, 0.15) is 22.9 Å². The molecule has 6 heteroatoms. The molecule has 0 bridgehead atoms. The highest BCUT2D eigenvalue weighted by molar-refractivity contribution is 9.10. The molecule has 0 aliphatic rings. The van der Waals surface area contributed by atoms with Gasteiger partial charge >= 0.3 is 0 Å². The Bertz CT molecular complexity index is 1150. The van der Waals surface area contributed by atoms with Crippen LogP contribution in [0, 0.1) is 11.3 Å². The smallest absolute Gasteiger partial charge is 0.168 e. The predicted molar refractivity (Wildman–Crippen MR) is 107 cm³/mol. The molecule has 0 saturated carbocycles. The van der Waals surface area contributed by atoms with Gasteiger partial charge in [-0.05, 0) is 35.9 Å². The number of hydrogen-bond acceptors (Lipinski definition) is 5. The fraction of sp³-hybridized carbons (Fsp3) is 0.0952. The number of nitrogens with zero attached hydrogens (tertiary/aromatic N) is 3. The summed E-state index contributed by atoms with van der Waals surface area (Å²) in [6, 6.07) is 19.2. The number of hydrogen-bond donors (Lipinski definition) is 1. The van der Waals surface area contributed by atoms with Gasteiger partial charge in [0.1, 0.15) is 11.8 Å². The lowest BCUT2D eigenvalue weighted by molar-refractivity contribution is 0.459. The van der Waals surface area contributed by atoms with Crippen LogP contribution in [0.4, 0.5) is 0 Å². The molecule has 0 aliphatic heterocycles. The number of rotatable bonds is 4. The third kappa shape index (κ3) is 3.47. The molecule has 0 fully saturated rings. The summed E-state index contributed by atoms with van der Waals surface area (Å²) in [4.78, 5) is 4.33. The summed E-state index contributed by atoms with van der Waals surface area (Å²) < 4.78 is 6.44. The highest BCUT2D eigenvalue weighted by atomic mass is 79.9. The van der Waals surface area contributed by atoms with Crippen molar-refractivity contribution in [2.75, 3.05) is 0 Å². The van der Waals surface area contributed by atoms with Crippen molar-refractivity contribution < 1.29 is 4.52 Å². The molecule has 4 rings (SSSR count). The van der Waals surface area contributed by atoms with Crippen LogP contribution in [-0.4, -0.2) is 10.1 Å². The van der Waals surface area contributed by atoms with Crippen LogP contribution in [0.2, 0.25) is 0 Å². The minimum absolute atomic E-state index is 0.260. The van der Waals surface area contributed by atoms with E-state index in [1.54, 1.807) is 12.3 Å². The average Bonchev–Trinajstić information content (AvgIpc) is 3.11. The largest absolute Gasteiger partial charge is 0.356 e. The van der Waals surface area contributed by atoms with Gasteiger partial charge in [-0.1, -0.05) is 45.4 Å². The second-order valence-electron chi connectivity index (χ2n) is 6.22. The maximum absolute atomic E-state index is 8.90. The number of fused-ring (bicyclic) bond motifs is 1. The quantitative estimate of drug-likeness (QED) is 0.515.